The largest absolute Gasteiger partial charge is 0.307 e. The monoisotopic (exact) mass is 268 g/mol. The van der Waals surface area contributed by atoms with Gasteiger partial charge >= 0.3 is 0 Å². The second-order valence-electron chi connectivity index (χ2n) is 5.86. The summed E-state index contributed by atoms with van der Waals surface area (Å²) < 4.78 is 0. The molecular weight excluding hydrogens is 244 g/mol. The van der Waals surface area contributed by atoms with Gasteiger partial charge in [0, 0.05) is 19.3 Å². The SMILES string of the molecule is CCC(C)(C)c1ccc(CNCc2ccccn2)cc1. The van der Waals surface area contributed by atoms with Gasteiger partial charge in [0.25, 0.3) is 0 Å². The summed E-state index contributed by atoms with van der Waals surface area (Å²) >= 11 is 0. The predicted octanol–water partition coefficient (Wildman–Crippen LogP) is 4.06. The lowest BCUT2D eigenvalue weighted by Gasteiger charge is -2.23. The summed E-state index contributed by atoms with van der Waals surface area (Å²) in [6.45, 7) is 8.51. The lowest BCUT2D eigenvalue weighted by Crippen LogP contribution is -2.16. The number of aromatic nitrogens is 1. The van der Waals surface area contributed by atoms with Crippen LogP contribution < -0.4 is 5.32 Å². The van der Waals surface area contributed by atoms with E-state index < -0.39 is 0 Å². The molecule has 0 aliphatic carbocycles. The molecule has 0 aliphatic heterocycles. The van der Waals surface area contributed by atoms with Crippen molar-refractivity contribution in [3.8, 4) is 0 Å². The zero-order chi connectivity index (χ0) is 14.4. The maximum Gasteiger partial charge on any atom is 0.0541 e. The molecule has 0 unspecified atom stereocenters. The molecule has 1 heterocycles. The van der Waals surface area contributed by atoms with Gasteiger partial charge in [0.05, 0.1) is 5.69 Å². The van der Waals surface area contributed by atoms with E-state index in [1.54, 1.807) is 0 Å². The Bertz CT molecular complexity index is 515. The Morgan fingerprint density at radius 3 is 2.35 bits per heavy atom. The fraction of sp³-hybridized carbons (Fsp3) is 0.389. The molecule has 1 aromatic carbocycles. The Morgan fingerprint density at radius 1 is 1.00 bits per heavy atom. The summed E-state index contributed by atoms with van der Waals surface area (Å²) in [7, 11) is 0. The quantitative estimate of drug-likeness (QED) is 0.854. The molecule has 106 valence electrons. The predicted molar refractivity (Wildman–Crippen MR) is 84.5 cm³/mol. The Kier molecular flexibility index (Phi) is 4.91. The molecule has 0 saturated carbocycles. The molecule has 0 radical (unpaired) electrons. The minimum atomic E-state index is 0.264. The van der Waals surface area contributed by atoms with Crippen LogP contribution in [0.3, 0.4) is 0 Å². The first kappa shape index (κ1) is 14.7. The van der Waals surface area contributed by atoms with Gasteiger partial charge in [-0.1, -0.05) is 51.1 Å². The van der Waals surface area contributed by atoms with E-state index in [-0.39, 0.29) is 5.41 Å². The minimum Gasteiger partial charge on any atom is -0.307 e. The number of rotatable bonds is 6. The van der Waals surface area contributed by atoms with E-state index in [1.807, 2.05) is 24.4 Å². The minimum absolute atomic E-state index is 0.264. The normalized spacial score (nSPS) is 11.6. The van der Waals surface area contributed by atoms with Crippen molar-refractivity contribution in [1.82, 2.24) is 10.3 Å². The van der Waals surface area contributed by atoms with Crippen molar-refractivity contribution in [3.05, 3.63) is 65.5 Å². The summed E-state index contributed by atoms with van der Waals surface area (Å²) in [6.07, 6.45) is 2.99. The summed E-state index contributed by atoms with van der Waals surface area (Å²) in [6, 6.07) is 14.9. The molecule has 0 amide bonds. The molecule has 1 N–H and O–H groups in total. The highest BCUT2D eigenvalue weighted by molar-refractivity contribution is 5.28. The van der Waals surface area contributed by atoms with E-state index in [9.17, 15) is 0 Å². The van der Waals surface area contributed by atoms with E-state index in [0.29, 0.717) is 0 Å². The fourth-order valence-corrected chi connectivity index (χ4v) is 2.12. The Labute approximate surface area is 122 Å². The Morgan fingerprint density at radius 2 is 1.75 bits per heavy atom. The fourth-order valence-electron chi connectivity index (χ4n) is 2.12. The topological polar surface area (TPSA) is 24.9 Å². The van der Waals surface area contributed by atoms with E-state index in [2.05, 4.69) is 55.3 Å². The van der Waals surface area contributed by atoms with Gasteiger partial charge in [0.15, 0.2) is 0 Å². The number of nitrogens with zero attached hydrogens (tertiary/aromatic N) is 1. The number of hydrogen-bond donors (Lipinski definition) is 1. The van der Waals surface area contributed by atoms with Crippen molar-refractivity contribution in [1.29, 1.82) is 0 Å². The molecule has 0 spiro atoms. The third-order valence-corrected chi connectivity index (χ3v) is 3.98. The Balaban J connectivity index is 1.88. The number of nitrogens with one attached hydrogen (secondary N) is 1. The summed E-state index contributed by atoms with van der Waals surface area (Å²) in [4.78, 5) is 4.30. The van der Waals surface area contributed by atoms with Gasteiger partial charge in [-0.25, -0.2) is 0 Å². The van der Waals surface area contributed by atoms with Crippen molar-refractivity contribution < 1.29 is 0 Å². The second kappa shape index (κ2) is 6.67. The third-order valence-electron chi connectivity index (χ3n) is 3.98. The van der Waals surface area contributed by atoms with Crippen LogP contribution in [0.4, 0.5) is 0 Å². The van der Waals surface area contributed by atoms with Gasteiger partial charge in [-0.2, -0.15) is 0 Å². The van der Waals surface area contributed by atoms with Crippen molar-refractivity contribution in [2.24, 2.45) is 0 Å². The molecule has 2 aromatic rings. The number of benzene rings is 1. The van der Waals surface area contributed by atoms with Crippen LogP contribution in [0.15, 0.2) is 48.7 Å². The molecule has 2 rings (SSSR count). The first-order valence-corrected chi connectivity index (χ1v) is 7.32. The maximum atomic E-state index is 4.30. The van der Waals surface area contributed by atoms with Crippen molar-refractivity contribution in [2.75, 3.05) is 0 Å². The van der Waals surface area contributed by atoms with Crippen LogP contribution in [0.1, 0.15) is 44.0 Å². The molecular formula is C18H24N2. The van der Waals surface area contributed by atoms with E-state index in [1.165, 1.54) is 11.1 Å². The molecule has 1 aromatic heterocycles. The maximum absolute atomic E-state index is 4.30. The van der Waals surface area contributed by atoms with Crippen LogP contribution in [0.5, 0.6) is 0 Å². The summed E-state index contributed by atoms with van der Waals surface area (Å²) in [5, 5.41) is 3.43. The van der Waals surface area contributed by atoms with Crippen LogP contribution in [0, 0.1) is 0 Å². The summed E-state index contributed by atoms with van der Waals surface area (Å²) in [5.74, 6) is 0. The van der Waals surface area contributed by atoms with E-state index in [4.69, 9.17) is 0 Å². The van der Waals surface area contributed by atoms with Crippen LogP contribution >= 0.6 is 0 Å². The lowest BCUT2D eigenvalue weighted by atomic mass is 9.82. The zero-order valence-electron chi connectivity index (χ0n) is 12.7. The average Bonchev–Trinajstić information content (AvgIpc) is 2.49. The van der Waals surface area contributed by atoms with Crippen LogP contribution in [0.25, 0.3) is 0 Å². The molecule has 0 saturated heterocycles. The average molecular weight is 268 g/mol. The summed E-state index contributed by atoms with van der Waals surface area (Å²) in [5.41, 5.74) is 4.07. The molecule has 0 aliphatic rings. The van der Waals surface area contributed by atoms with Gasteiger partial charge in [-0.15, -0.1) is 0 Å². The highest BCUT2D eigenvalue weighted by Crippen LogP contribution is 2.26. The Hall–Kier alpha value is -1.67. The van der Waals surface area contributed by atoms with E-state index in [0.717, 1.165) is 25.2 Å². The molecule has 2 nitrogen and oxygen atoms in total. The van der Waals surface area contributed by atoms with Crippen LogP contribution in [-0.4, -0.2) is 4.98 Å². The van der Waals surface area contributed by atoms with Gasteiger partial charge in [0.1, 0.15) is 0 Å². The first-order valence-electron chi connectivity index (χ1n) is 7.32. The first-order chi connectivity index (χ1) is 9.62. The highest BCUT2D eigenvalue weighted by Gasteiger charge is 2.17. The van der Waals surface area contributed by atoms with Gasteiger partial charge < -0.3 is 5.32 Å². The lowest BCUT2D eigenvalue weighted by molar-refractivity contribution is 0.506. The van der Waals surface area contributed by atoms with Crippen molar-refractivity contribution in [2.45, 2.75) is 45.7 Å². The number of pyridine rings is 1. The highest BCUT2D eigenvalue weighted by atomic mass is 14.9. The molecule has 0 bridgehead atoms. The molecule has 0 fully saturated rings. The van der Waals surface area contributed by atoms with E-state index >= 15 is 0 Å². The molecule has 20 heavy (non-hydrogen) atoms. The molecule has 0 atom stereocenters. The molecule has 2 heteroatoms. The van der Waals surface area contributed by atoms with Gasteiger partial charge in [0.2, 0.25) is 0 Å². The standard InChI is InChI=1S/C18H24N2/c1-4-18(2,3)16-10-8-15(9-11-16)13-19-14-17-7-5-6-12-20-17/h5-12,19H,4,13-14H2,1-3H3. The van der Waals surface area contributed by atoms with Crippen LogP contribution in [0.2, 0.25) is 0 Å². The number of hydrogen-bond acceptors (Lipinski definition) is 2. The van der Waals surface area contributed by atoms with Gasteiger partial charge in [-0.05, 0) is 35.1 Å². The van der Waals surface area contributed by atoms with Crippen molar-refractivity contribution in [3.63, 3.8) is 0 Å². The van der Waals surface area contributed by atoms with Gasteiger partial charge in [-0.3, -0.25) is 4.98 Å². The smallest absolute Gasteiger partial charge is 0.0541 e. The second-order valence-corrected chi connectivity index (χ2v) is 5.86. The van der Waals surface area contributed by atoms with Crippen molar-refractivity contribution >= 4 is 0 Å². The van der Waals surface area contributed by atoms with Crippen LogP contribution in [-0.2, 0) is 18.5 Å². The zero-order valence-corrected chi connectivity index (χ0v) is 12.7. The third kappa shape index (κ3) is 3.91.